The highest BCUT2D eigenvalue weighted by Gasteiger charge is 2.29. The first-order chi connectivity index (χ1) is 7.62. The summed E-state index contributed by atoms with van der Waals surface area (Å²) >= 11 is 3.73. The van der Waals surface area contributed by atoms with Crippen molar-refractivity contribution in [2.75, 3.05) is 0 Å². The highest BCUT2D eigenvalue weighted by Crippen LogP contribution is 2.40. The fraction of sp³-hybridized carbons (Fsp3) is 0.154. The molecule has 0 saturated heterocycles. The molecule has 0 aliphatic heterocycles. The zero-order valence-electron chi connectivity index (χ0n) is 9.19. The number of nitrogens with one attached hydrogen (secondary N) is 1. The van der Waals surface area contributed by atoms with Crippen LogP contribution in [0.5, 0.6) is 0 Å². The van der Waals surface area contributed by atoms with Crippen molar-refractivity contribution >= 4 is 34.2 Å². The number of halogens is 2. The molecule has 0 amide bonds. The van der Waals surface area contributed by atoms with Gasteiger partial charge >= 0.3 is 0 Å². The molecule has 1 aromatic rings. The zero-order chi connectivity index (χ0) is 11.6. The molecular weight excluding hydrogens is 300 g/mol. The van der Waals surface area contributed by atoms with Crippen LogP contribution in [0.1, 0.15) is 12.0 Å². The standard InChI is InChI=1S/C13H13BrN2.ClH/c14-13(11-6-2-1-3-7-11)8-4-5-10(9-13)12(15)16;/h1-8H,9H2,(H3,15,16);1H. The third-order valence-electron chi connectivity index (χ3n) is 2.71. The summed E-state index contributed by atoms with van der Waals surface area (Å²) in [5.41, 5.74) is 7.57. The Morgan fingerprint density at radius 1 is 1.29 bits per heavy atom. The van der Waals surface area contributed by atoms with Crippen LogP contribution in [0.3, 0.4) is 0 Å². The Morgan fingerprint density at radius 3 is 2.53 bits per heavy atom. The molecule has 0 spiro atoms. The van der Waals surface area contributed by atoms with Crippen molar-refractivity contribution in [1.29, 1.82) is 5.41 Å². The minimum absolute atomic E-state index is 0. The Morgan fingerprint density at radius 2 is 1.94 bits per heavy atom. The molecule has 2 nitrogen and oxygen atoms in total. The molecule has 0 radical (unpaired) electrons. The molecule has 17 heavy (non-hydrogen) atoms. The van der Waals surface area contributed by atoms with Crippen molar-refractivity contribution in [3.05, 3.63) is 59.7 Å². The lowest BCUT2D eigenvalue weighted by atomic mass is 9.87. The molecular formula is C13H14BrClN2. The minimum Gasteiger partial charge on any atom is -0.384 e. The molecule has 90 valence electrons. The Kier molecular flexibility index (Phi) is 4.54. The Hall–Kier alpha value is -1.06. The molecule has 0 heterocycles. The summed E-state index contributed by atoms with van der Waals surface area (Å²) in [5.74, 6) is 0.143. The van der Waals surface area contributed by atoms with Crippen LogP contribution >= 0.6 is 28.3 Å². The maximum atomic E-state index is 7.48. The van der Waals surface area contributed by atoms with E-state index in [0.29, 0.717) is 6.42 Å². The lowest BCUT2D eigenvalue weighted by Crippen LogP contribution is -2.24. The quantitative estimate of drug-likeness (QED) is 0.490. The van der Waals surface area contributed by atoms with E-state index >= 15 is 0 Å². The van der Waals surface area contributed by atoms with Crippen molar-refractivity contribution in [2.24, 2.45) is 5.73 Å². The van der Waals surface area contributed by atoms with Crippen molar-refractivity contribution < 1.29 is 0 Å². The van der Waals surface area contributed by atoms with Gasteiger partial charge in [0.25, 0.3) is 0 Å². The van der Waals surface area contributed by atoms with Crippen molar-refractivity contribution in [3.63, 3.8) is 0 Å². The number of hydrogen-bond acceptors (Lipinski definition) is 1. The molecule has 0 fully saturated rings. The summed E-state index contributed by atoms with van der Waals surface area (Å²) in [6.45, 7) is 0. The van der Waals surface area contributed by atoms with Crippen LogP contribution in [-0.2, 0) is 4.32 Å². The molecule has 0 bridgehead atoms. The van der Waals surface area contributed by atoms with Gasteiger partial charge in [-0.3, -0.25) is 5.41 Å². The second-order valence-corrected chi connectivity index (χ2v) is 5.29. The molecule has 3 N–H and O–H groups in total. The lowest BCUT2D eigenvalue weighted by Gasteiger charge is -2.28. The molecule has 1 atom stereocenters. The molecule has 1 aliphatic carbocycles. The van der Waals surface area contributed by atoms with Gasteiger partial charge in [0.05, 0.1) is 4.32 Å². The highest BCUT2D eigenvalue weighted by atomic mass is 79.9. The first-order valence-electron chi connectivity index (χ1n) is 5.09. The minimum atomic E-state index is -0.232. The van der Waals surface area contributed by atoms with Gasteiger partial charge in [0, 0.05) is 0 Å². The van der Waals surface area contributed by atoms with E-state index in [1.807, 2.05) is 30.4 Å². The topological polar surface area (TPSA) is 49.9 Å². The van der Waals surface area contributed by atoms with Crippen LogP contribution in [0.25, 0.3) is 0 Å². The third-order valence-corrected chi connectivity index (χ3v) is 3.71. The van der Waals surface area contributed by atoms with Gasteiger partial charge in [-0.1, -0.05) is 64.5 Å². The van der Waals surface area contributed by atoms with Crippen molar-refractivity contribution in [3.8, 4) is 0 Å². The van der Waals surface area contributed by atoms with Gasteiger partial charge in [0.2, 0.25) is 0 Å². The fourth-order valence-corrected chi connectivity index (χ4v) is 2.53. The molecule has 1 aliphatic rings. The SMILES string of the molecule is Cl.N=C(N)C1=CC=CC(Br)(c2ccccc2)C1. The van der Waals surface area contributed by atoms with Gasteiger partial charge in [0.1, 0.15) is 5.84 Å². The molecule has 0 aromatic heterocycles. The van der Waals surface area contributed by atoms with E-state index in [0.717, 1.165) is 5.57 Å². The normalized spacial score (nSPS) is 22.5. The number of amidine groups is 1. The van der Waals surface area contributed by atoms with Crippen LogP contribution in [-0.4, -0.2) is 5.84 Å². The molecule has 1 aromatic carbocycles. The average Bonchev–Trinajstić information content (AvgIpc) is 2.30. The monoisotopic (exact) mass is 312 g/mol. The van der Waals surface area contributed by atoms with Gasteiger partial charge < -0.3 is 5.73 Å². The number of rotatable bonds is 2. The molecule has 4 heteroatoms. The summed E-state index contributed by atoms with van der Waals surface area (Å²) in [6, 6.07) is 10.2. The Labute approximate surface area is 116 Å². The Bertz CT molecular complexity index is 468. The number of benzene rings is 1. The van der Waals surface area contributed by atoms with E-state index in [2.05, 4.69) is 34.1 Å². The second-order valence-electron chi connectivity index (χ2n) is 3.87. The summed E-state index contributed by atoms with van der Waals surface area (Å²) in [5, 5.41) is 7.48. The van der Waals surface area contributed by atoms with Gasteiger partial charge in [0.15, 0.2) is 0 Å². The van der Waals surface area contributed by atoms with E-state index in [9.17, 15) is 0 Å². The zero-order valence-corrected chi connectivity index (χ0v) is 11.6. The summed E-state index contributed by atoms with van der Waals surface area (Å²) in [7, 11) is 0. The molecule has 1 unspecified atom stereocenters. The van der Waals surface area contributed by atoms with Crippen LogP contribution in [0.4, 0.5) is 0 Å². The van der Waals surface area contributed by atoms with Crippen molar-refractivity contribution in [1.82, 2.24) is 0 Å². The predicted molar refractivity (Wildman–Crippen MR) is 78.0 cm³/mol. The van der Waals surface area contributed by atoms with Crippen molar-refractivity contribution in [2.45, 2.75) is 10.7 Å². The lowest BCUT2D eigenvalue weighted by molar-refractivity contribution is 0.779. The largest absolute Gasteiger partial charge is 0.384 e. The Balaban J connectivity index is 0.00000144. The van der Waals surface area contributed by atoms with Gasteiger partial charge in [-0.15, -0.1) is 12.4 Å². The average molecular weight is 314 g/mol. The van der Waals surface area contributed by atoms with E-state index in [-0.39, 0.29) is 22.6 Å². The summed E-state index contributed by atoms with van der Waals surface area (Å²) in [6.07, 6.45) is 6.64. The highest BCUT2D eigenvalue weighted by molar-refractivity contribution is 9.09. The third kappa shape index (κ3) is 2.99. The van der Waals surface area contributed by atoms with Gasteiger partial charge in [-0.05, 0) is 17.6 Å². The predicted octanol–water partition coefficient (Wildman–Crippen LogP) is 3.52. The first-order valence-corrected chi connectivity index (χ1v) is 5.88. The smallest absolute Gasteiger partial charge is 0.118 e. The van der Waals surface area contributed by atoms with Crippen LogP contribution in [0, 0.1) is 5.41 Å². The molecule has 0 saturated carbocycles. The maximum absolute atomic E-state index is 7.48. The number of hydrogen-bond donors (Lipinski definition) is 2. The van der Waals surface area contributed by atoms with Crippen LogP contribution in [0.15, 0.2) is 54.1 Å². The summed E-state index contributed by atoms with van der Waals surface area (Å²) in [4.78, 5) is 0. The number of alkyl halides is 1. The number of nitrogens with two attached hydrogens (primary N) is 1. The van der Waals surface area contributed by atoms with Crippen LogP contribution in [0.2, 0.25) is 0 Å². The molecule has 2 rings (SSSR count). The maximum Gasteiger partial charge on any atom is 0.118 e. The fourth-order valence-electron chi connectivity index (χ4n) is 1.81. The first kappa shape index (κ1) is 14.0. The summed E-state index contributed by atoms with van der Waals surface area (Å²) < 4.78 is -0.232. The van der Waals surface area contributed by atoms with Gasteiger partial charge in [-0.2, -0.15) is 0 Å². The van der Waals surface area contributed by atoms with Gasteiger partial charge in [-0.25, -0.2) is 0 Å². The van der Waals surface area contributed by atoms with E-state index in [1.54, 1.807) is 0 Å². The second kappa shape index (κ2) is 5.52. The van der Waals surface area contributed by atoms with Crippen LogP contribution < -0.4 is 5.73 Å². The number of allylic oxidation sites excluding steroid dienone is 3. The van der Waals surface area contributed by atoms with E-state index in [4.69, 9.17) is 11.1 Å². The van der Waals surface area contributed by atoms with E-state index in [1.165, 1.54) is 5.56 Å². The van der Waals surface area contributed by atoms with E-state index < -0.39 is 0 Å².